The first kappa shape index (κ1) is 28.1. The zero-order chi connectivity index (χ0) is 33.6. The molecule has 0 fully saturated rings. The second kappa shape index (κ2) is 10.2. The van der Waals surface area contributed by atoms with Crippen molar-refractivity contribution >= 4 is 72.8 Å². The van der Waals surface area contributed by atoms with E-state index in [0.717, 1.165) is 38.4 Å². The maximum Gasteiger partial charge on any atom is 0.250 e. The van der Waals surface area contributed by atoms with Crippen LogP contribution in [0.15, 0.2) is 84.9 Å². The van der Waals surface area contributed by atoms with Gasteiger partial charge in [-0.05, 0) is 79.7 Å². The number of rotatable bonds is 2. The number of nitrogens with two attached hydrogens (primary N) is 3. The molecule has 9 N–H and O–H groups in total. The molecule has 0 aliphatic carbocycles. The lowest BCUT2D eigenvalue weighted by Gasteiger charge is -2.04. The van der Waals surface area contributed by atoms with Crippen molar-refractivity contribution in [3.63, 3.8) is 0 Å². The smallest absolute Gasteiger partial charge is 0.250 e. The van der Waals surface area contributed by atoms with Crippen LogP contribution in [0.25, 0.3) is 89.7 Å². The van der Waals surface area contributed by atoms with E-state index in [1.165, 1.54) is 0 Å². The van der Waals surface area contributed by atoms with E-state index in [1.807, 2.05) is 54.6 Å². The quantitative estimate of drug-likeness (QED) is 0.0936. The number of fused-ring (bicyclic) bond motifs is 20. The standard InChI is InChI=1S/C36H26N12O/c1-15(2)36(49)40-19-6-10-23-27(14-19)35-47-30-22-9-5-18(39)13-26(22)33(45-30)43-28-20-7-3-16(37)11-24(20)32(41-28)42-29-21-8-4-17(38)12-25(21)34(44-29)46-31(23)48-35/h3-14H,1,37-39H2,2H3,(H,40,49)(H2,41,42,43,44,45,46,47,48). The lowest BCUT2D eigenvalue weighted by molar-refractivity contribution is -0.112. The average Bonchev–Trinajstić information content (AvgIpc) is 3.79. The summed E-state index contributed by atoms with van der Waals surface area (Å²) in [6.45, 7) is 5.40. The summed E-state index contributed by atoms with van der Waals surface area (Å²) in [6, 6.07) is 22.1. The molecule has 0 unspecified atom stereocenters. The summed E-state index contributed by atoms with van der Waals surface area (Å²) in [5.74, 6) is 1.40. The lowest BCUT2D eigenvalue weighted by atomic mass is 10.1. The first-order chi connectivity index (χ1) is 23.7. The predicted octanol–water partition coefficient (Wildman–Crippen LogP) is 6.13. The van der Waals surface area contributed by atoms with Crippen LogP contribution in [0.2, 0.25) is 0 Å². The van der Waals surface area contributed by atoms with Gasteiger partial charge >= 0.3 is 0 Å². The third-order valence-electron chi connectivity index (χ3n) is 8.55. The minimum absolute atomic E-state index is 0.291. The molecule has 2 aliphatic heterocycles. The van der Waals surface area contributed by atoms with Gasteiger partial charge in [-0.15, -0.1) is 0 Å². The summed E-state index contributed by atoms with van der Waals surface area (Å²) >= 11 is 0. The molecule has 236 valence electrons. The largest absolute Gasteiger partial charge is 0.399 e. The Kier molecular flexibility index (Phi) is 5.84. The molecule has 13 heteroatoms. The molecule has 0 spiro atoms. The summed E-state index contributed by atoms with van der Waals surface area (Å²) in [4.78, 5) is 49.1. The molecular weight excluding hydrogens is 616 g/mol. The third kappa shape index (κ3) is 4.52. The number of amides is 1. The number of benzene rings is 4. The summed E-state index contributed by atoms with van der Waals surface area (Å²) in [5.41, 5.74) is 26.3. The molecule has 3 aromatic heterocycles. The highest BCUT2D eigenvalue weighted by atomic mass is 16.1. The maximum absolute atomic E-state index is 12.5. The third-order valence-corrected chi connectivity index (χ3v) is 8.55. The SMILES string of the molecule is C=C(C)C(=O)Nc1ccc2c3nc4nc(nc5[nH]c(nc6nc(nc([nH]3)c2c1)-c1ccc(N)cc1-6)c1ccc(N)cc51)-c1ccc(N)cc1-4. The number of H-pyrrole nitrogens is 2. The monoisotopic (exact) mass is 642 g/mol. The van der Waals surface area contributed by atoms with Gasteiger partial charge in [0, 0.05) is 72.1 Å². The first-order valence-corrected chi connectivity index (χ1v) is 15.3. The van der Waals surface area contributed by atoms with Gasteiger partial charge in [0.15, 0.2) is 23.3 Å². The molecule has 9 rings (SSSR count). The minimum atomic E-state index is -0.291. The van der Waals surface area contributed by atoms with Crippen molar-refractivity contribution < 1.29 is 4.79 Å². The molecule has 5 heterocycles. The zero-order valence-electron chi connectivity index (χ0n) is 26.0. The van der Waals surface area contributed by atoms with E-state index in [1.54, 1.807) is 25.1 Å². The fourth-order valence-corrected chi connectivity index (χ4v) is 6.16. The Morgan fingerprint density at radius 2 is 0.980 bits per heavy atom. The van der Waals surface area contributed by atoms with E-state index in [-0.39, 0.29) is 5.91 Å². The minimum Gasteiger partial charge on any atom is -0.399 e. The number of aromatic amines is 2. The van der Waals surface area contributed by atoms with Gasteiger partial charge < -0.3 is 32.5 Å². The van der Waals surface area contributed by atoms with Crippen LogP contribution < -0.4 is 22.5 Å². The van der Waals surface area contributed by atoms with Gasteiger partial charge in [-0.1, -0.05) is 6.58 Å². The second-order valence-electron chi connectivity index (χ2n) is 12.0. The molecule has 2 aliphatic rings. The van der Waals surface area contributed by atoms with Crippen molar-refractivity contribution in [1.29, 1.82) is 0 Å². The molecule has 0 saturated heterocycles. The van der Waals surface area contributed by atoms with Crippen molar-refractivity contribution in [1.82, 2.24) is 39.9 Å². The van der Waals surface area contributed by atoms with E-state index < -0.39 is 0 Å². The van der Waals surface area contributed by atoms with Crippen molar-refractivity contribution in [3.8, 4) is 45.6 Å². The number of nitrogens with zero attached hydrogens (tertiary/aromatic N) is 6. The van der Waals surface area contributed by atoms with E-state index >= 15 is 0 Å². The van der Waals surface area contributed by atoms with Crippen LogP contribution in [0.4, 0.5) is 22.7 Å². The predicted molar refractivity (Wildman–Crippen MR) is 193 cm³/mol. The van der Waals surface area contributed by atoms with Gasteiger partial charge in [0.2, 0.25) is 0 Å². The van der Waals surface area contributed by atoms with Gasteiger partial charge in [-0.3, -0.25) is 4.79 Å². The fourth-order valence-electron chi connectivity index (χ4n) is 6.16. The number of carbonyl (C=O) groups excluding carboxylic acids is 1. The van der Waals surface area contributed by atoms with Crippen molar-refractivity contribution in [2.45, 2.75) is 6.92 Å². The second-order valence-corrected chi connectivity index (χ2v) is 12.0. The molecule has 0 atom stereocenters. The summed E-state index contributed by atoms with van der Waals surface area (Å²) in [7, 11) is 0. The Morgan fingerprint density at radius 1 is 0.551 bits per heavy atom. The van der Waals surface area contributed by atoms with Crippen LogP contribution in [0.5, 0.6) is 0 Å². The molecule has 49 heavy (non-hydrogen) atoms. The van der Waals surface area contributed by atoms with Gasteiger partial charge in [0.05, 0.1) is 0 Å². The lowest BCUT2D eigenvalue weighted by Crippen LogP contribution is -2.11. The van der Waals surface area contributed by atoms with E-state index in [0.29, 0.717) is 79.6 Å². The molecule has 13 nitrogen and oxygen atoms in total. The number of nitrogens with one attached hydrogen (secondary N) is 3. The van der Waals surface area contributed by atoms with Crippen LogP contribution >= 0.6 is 0 Å². The zero-order valence-corrected chi connectivity index (χ0v) is 26.0. The van der Waals surface area contributed by atoms with Crippen LogP contribution in [-0.2, 0) is 4.79 Å². The number of aromatic nitrogens is 8. The Bertz CT molecular complexity index is 2790. The van der Waals surface area contributed by atoms with Crippen LogP contribution in [0, 0.1) is 0 Å². The van der Waals surface area contributed by atoms with Gasteiger partial charge in [0.1, 0.15) is 22.6 Å². The number of nitrogen functional groups attached to an aromatic ring is 3. The van der Waals surface area contributed by atoms with Gasteiger partial charge in [-0.2, -0.15) is 0 Å². The van der Waals surface area contributed by atoms with Crippen LogP contribution in [0.3, 0.4) is 0 Å². The van der Waals surface area contributed by atoms with E-state index in [2.05, 4.69) is 21.9 Å². The Balaban J connectivity index is 1.45. The highest BCUT2D eigenvalue weighted by Gasteiger charge is 2.23. The topological polar surface area (TPSA) is 216 Å². The van der Waals surface area contributed by atoms with Crippen molar-refractivity contribution in [3.05, 3.63) is 84.9 Å². The molecule has 0 saturated carbocycles. The number of carbonyl (C=O) groups is 1. The average molecular weight is 643 g/mol. The molecule has 1 amide bonds. The highest BCUT2D eigenvalue weighted by Crippen LogP contribution is 2.38. The van der Waals surface area contributed by atoms with Crippen LogP contribution in [0.1, 0.15) is 6.92 Å². The first-order valence-electron chi connectivity index (χ1n) is 15.3. The number of hydrogen-bond acceptors (Lipinski definition) is 10. The van der Waals surface area contributed by atoms with Crippen molar-refractivity contribution in [2.24, 2.45) is 0 Å². The molecule has 7 aromatic rings. The van der Waals surface area contributed by atoms with Crippen molar-refractivity contribution in [2.75, 3.05) is 22.5 Å². The van der Waals surface area contributed by atoms with Crippen LogP contribution in [-0.4, -0.2) is 45.8 Å². The fraction of sp³-hybridized carbons (Fsp3) is 0.0278. The highest BCUT2D eigenvalue weighted by molar-refractivity contribution is 6.09. The Hall–Kier alpha value is -7.15. The van der Waals surface area contributed by atoms with Gasteiger partial charge in [-0.25, -0.2) is 29.9 Å². The normalized spacial score (nSPS) is 11.8. The maximum atomic E-state index is 12.5. The number of hydrogen-bond donors (Lipinski definition) is 6. The summed E-state index contributed by atoms with van der Waals surface area (Å²) in [6.07, 6.45) is 0. The molecule has 8 bridgehead atoms. The number of anilines is 4. The Morgan fingerprint density at radius 3 is 1.51 bits per heavy atom. The Labute approximate surface area is 277 Å². The summed E-state index contributed by atoms with van der Waals surface area (Å²) < 4.78 is 0. The molecular formula is C36H26N12O. The molecule has 4 aromatic carbocycles. The van der Waals surface area contributed by atoms with E-state index in [9.17, 15) is 4.79 Å². The summed E-state index contributed by atoms with van der Waals surface area (Å²) in [5, 5.41) is 5.89. The van der Waals surface area contributed by atoms with E-state index in [4.69, 9.17) is 47.1 Å². The van der Waals surface area contributed by atoms with Gasteiger partial charge in [0.25, 0.3) is 5.91 Å². The molecule has 0 radical (unpaired) electrons.